The summed E-state index contributed by atoms with van der Waals surface area (Å²) in [4.78, 5) is 13.6. The third-order valence-electron chi connectivity index (χ3n) is 3.98. The molecule has 2 aliphatic heterocycles. The van der Waals surface area contributed by atoms with Gasteiger partial charge in [0.15, 0.2) is 0 Å². The Bertz CT molecular complexity index is 515. The van der Waals surface area contributed by atoms with Crippen LogP contribution >= 0.6 is 15.9 Å². The summed E-state index contributed by atoms with van der Waals surface area (Å²) < 4.78 is 5.69. The normalized spacial score (nSPS) is 23.4. The molecule has 2 atom stereocenters. The number of anilines is 1. The van der Waals surface area contributed by atoms with Crippen LogP contribution in [0.4, 0.5) is 10.5 Å². The number of carbonyl (C=O) groups is 1. The van der Waals surface area contributed by atoms with Crippen LogP contribution < -0.4 is 5.32 Å². The maximum atomic E-state index is 11.6. The van der Waals surface area contributed by atoms with E-state index in [-0.39, 0.29) is 6.03 Å². The lowest BCUT2D eigenvalue weighted by atomic mass is 10.0. The van der Waals surface area contributed by atoms with Gasteiger partial charge in [0.25, 0.3) is 0 Å². The summed E-state index contributed by atoms with van der Waals surface area (Å²) in [5, 5.41) is 2.90. The van der Waals surface area contributed by atoms with Crippen molar-refractivity contribution in [3.05, 3.63) is 29.3 Å². The van der Waals surface area contributed by atoms with Crippen LogP contribution in [-0.2, 0) is 11.3 Å². The van der Waals surface area contributed by atoms with E-state index in [2.05, 4.69) is 33.4 Å². The molecule has 1 N–H and O–H groups in total. The number of hydrogen-bond donors (Lipinski definition) is 1. The number of carbonyl (C=O) groups excluding carboxylic acids is 1. The van der Waals surface area contributed by atoms with Crippen LogP contribution in [-0.4, -0.2) is 30.7 Å². The van der Waals surface area contributed by atoms with E-state index in [1.54, 1.807) is 4.90 Å². The summed E-state index contributed by atoms with van der Waals surface area (Å²) in [5.74, 6) is 0. The highest BCUT2D eigenvalue weighted by atomic mass is 79.9. The molecule has 0 radical (unpaired) electrons. The van der Waals surface area contributed by atoms with Gasteiger partial charge in [0, 0.05) is 30.7 Å². The van der Waals surface area contributed by atoms with Gasteiger partial charge in [-0.25, -0.2) is 4.79 Å². The molecule has 1 aromatic rings. The minimum atomic E-state index is -0.0417. The first-order valence-corrected chi connectivity index (χ1v) is 7.95. The van der Waals surface area contributed by atoms with Crippen molar-refractivity contribution in [3.8, 4) is 0 Å². The Morgan fingerprint density at radius 1 is 1.55 bits per heavy atom. The summed E-state index contributed by atoms with van der Waals surface area (Å²) in [5.41, 5.74) is 3.35. The van der Waals surface area contributed by atoms with Gasteiger partial charge in [-0.1, -0.05) is 28.1 Å². The monoisotopic (exact) mass is 338 g/mol. The van der Waals surface area contributed by atoms with Crippen LogP contribution in [0.15, 0.2) is 18.2 Å². The lowest BCUT2D eigenvalue weighted by Crippen LogP contribution is -2.35. The van der Waals surface area contributed by atoms with E-state index in [0.717, 1.165) is 25.1 Å². The number of fused-ring (bicyclic) bond motifs is 1. The number of ether oxygens (including phenoxy) is 1. The lowest BCUT2D eigenvalue weighted by molar-refractivity contribution is 0.104. The quantitative estimate of drug-likeness (QED) is 0.854. The molecule has 2 heterocycles. The van der Waals surface area contributed by atoms with Crippen molar-refractivity contribution in [2.45, 2.75) is 36.7 Å². The van der Waals surface area contributed by atoms with Crippen molar-refractivity contribution in [1.82, 2.24) is 4.90 Å². The molecule has 0 bridgehead atoms. The first-order chi connectivity index (χ1) is 9.63. The topological polar surface area (TPSA) is 41.6 Å². The fourth-order valence-corrected chi connectivity index (χ4v) is 3.50. The van der Waals surface area contributed by atoms with Crippen LogP contribution in [0.2, 0.25) is 0 Å². The highest BCUT2D eigenvalue weighted by Gasteiger charge is 2.23. The maximum absolute atomic E-state index is 11.6. The molecule has 108 valence electrons. The van der Waals surface area contributed by atoms with Gasteiger partial charge in [-0.15, -0.1) is 0 Å². The predicted molar refractivity (Wildman–Crippen MR) is 82.2 cm³/mol. The van der Waals surface area contributed by atoms with Gasteiger partial charge in [-0.3, -0.25) is 0 Å². The second kappa shape index (κ2) is 5.74. The van der Waals surface area contributed by atoms with Crippen molar-refractivity contribution < 1.29 is 9.53 Å². The molecule has 20 heavy (non-hydrogen) atoms. The number of amides is 2. The molecule has 1 fully saturated rings. The number of nitrogens with zero attached hydrogens (tertiary/aromatic N) is 1. The molecule has 1 aromatic carbocycles. The number of benzene rings is 1. The Balaban J connectivity index is 1.74. The summed E-state index contributed by atoms with van der Waals surface area (Å²) >= 11 is 3.77. The van der Waals surface area contributed by atoms with Gasteiger partial charge in [0.05, 0.1) is 6.10 Å². The smallest absolute Gasteiger partial charge is 0.321 e. The highest BCUT2D eigenvalue weighted by Crippen LogP contribution is 2.34. The van der Waals surface area contributed by atoms with Gasteiger partial charge in [0.1, 0.15) is 0 Å². The molecule has 5 heteroatoms. The number of nitrogens with one attached hydrogen (secondary N) is 1. The molecule has 0 saturated carbocycles. The highest BCUT2D eigenvalue weighted by molar-refractivity contribution is 9.09. The summed E-state index contributed by atoms with van der Waals surface area (Å²) in [6.45, 7) is 1.56. The van der Waals surface area contributed by atoms with Gasteiger partial charge >= 0.3 is 6.03 Å². The largest absolute Gasteiger partial charge is 0.378 e. The Morgan fingerprint density at radius 3 is 3.15 bits per heavy atom. The van der Waals surface area contributed by atoms with Crippen molar-refractivity contribution in [3.63, 3.8) is 0 Å². The molecule has 3 rings (SSSR count). The number of hydrogen-bond acceptors (Lipinski definition) is 2. The van der Waals surface area contributed by atoms with Gasteiger partial charge in [-0.05, 0) is 36.5 Å². The van der Waals surface area contributed by atoms with Crippen molar-refractivity contribution in [2.75, 3.05) is 19.0 Å². The van der Waals surface area contributed by atoms with E-state index < -0.39 is 0 Å². The van der Waals surface area contributed by atoms with Crippen LogP contribution in [0.5, 0.6) is 0 Å². The second-order valence-corrected chi connectivity index (χ2v) is 6.65. The van der Waals surface area contributed by atoms with Gasteiger partial charge in [-0.2, -0.15) is 0 Å². The van der Waals surface area contributed by atoms with Crippen LogP contribution in [0.3, 0.4) is 0 Å². The molecule has 4 nitrogen and oxygen atoms in total. The maximum Gasteiger partial charge on any atom is 0.321 e. The molecule has 2 aliphatic rings. The SMILES string of the molecule is CN1Cc2cc(C(Br)CC3CCCO3)ccc2NC1=O. The van der Waals surface area contributed by atoms with Crippen molar-refractivity contribution in [1.29, 1.82) is 0 Å². The van der Waals surface area contributed by atoms with Crippen molar-refractivity contribution in [2.24, 2.45) is 0 Å². The first kappa shape index (κ1) is 13.9. The zero-order chi connectivity index (χ0) is 14.1. The zero-order valence-corrected chi connectivity index (χ0v) is 13.1. The molecule has 2 unspecified atom stereocenters. The van der Waals surface area contributed by atoms with E-state index in [4.69, 9.17) is 4.74 Å². The van der Waals surface area contributed by atoms with Crippen LogP contribution in [0.25, 0.3) is 0 Å². The lowest BCUT2D eigenvalue weighted by Gasteiger charge is -2.27. The summed E-state index contributed by atoms with van der Waals surface area (Å²) in [6.07, 6.45) is 3.70. The average Bonchev–Trinajstić information content (AvgIpc) is 2.92. The van der Waals surface area contributed by atoms with E-state index in [1.165, 1.54) is 17.5 Å². The molecular weight excluding hydrogens is 320 g/mol. The predicted octanol–water partition coefficient (Wildman–Crippen LogP) is 3.67. The fourth-order valence-electron chi connectivity index (χ4n) is 2.80. The third-order valence-corrected chi connectivity index (χ3v) is 4.88. The zero-order valence-electron chi connectivity index (χ0n) is 11.6. The van der Waals surface area contributed by atoms with E-state index >= 15 is 0 Å². The Labute approximate surface area is 127 Å². The Hall–Kier alpha value is -1.07. The number of urea groups is 1. The first-order valence-electron chi connectivity index (χ1n) is 7.04. The number of halogens is 1. The minimum Gasteiger partial charge on any atom is -0.378 e. The summed E-state index contributed by atoms with van der Waals surface area (Å²) in [6, 6.07) is 6.22. The molecule has 0 aromatic heterocycles. The standard InChI is InChI=1S/C15H19BrN2O2/c1-18-9-11-7-10(4-5-14(11)17-15(18)19)13(16)8-12-3-2-6-20-12/h4-5,7,12-13H,2-3,6,8-9H2,1H3,(H,17,19). The Morgan fingerprint density at radius 2 is 2.40 bits per heavy atom. The van der Waals surface area contributed by atoms with E-state index in [1.807, 2.05) is 13.1 Å². The van der Waals surface area contributed by atoms with Crippen molar-refractivity contribution >= 4 is 27.6 Å². The van der Waals surface area contributed by atoms with E-state index in [0.29, 0.717) is 17.5 Å². The summed E-state index contributed by atoms with van der Waals surface area (Å²) in [7, 11) is 1.81. The fraction of sp³-hybridized carbons (Fsp3) is 0.533. The minimum absolute atomic E-state index is 0.0417. The van der Waals surface area contributed by atoms with E-state index in [9.17, 15) is 4.79 Å². The number of alkyl halides is 1. The number of rotatable bonds is 3. The molecule has 0 spiro atoms. The van der Waals surface area contributed by atoms with Gasteiger partial charge in [0.2, 0.25) is 0 Å². The van der Waals surface area contributed by atoms with Crippen LogP contribution in [0, 0.1) is 0 Å². The Kier molecular flexibility index (Phi) is 3.98. The van der Waals surface area contributed by atoms with Crippen LogP contribution in [0.1, 0.15) is 35.2 Å². The van der Waals surface area contributed by atoms with Gasteiger partial charge < -0.3 is 15.0 Å². The molecular formula is C15H19BrN2O2. The second-order valence-electron chi connectivity index (χ2n) is 5.54. The average molecular weight is 339 g/mol. The molecule has 0 aliphatic carbocycles. The third kappa shape index (κ3) is 2.83. The molecule has 1 saturated heterocycles. The molecule has 2 amide bonds.